The highest BCUT2D eigenvalue weighted by Crippen LogP contribution is 2.43. The fourth-order valence-electron chi connectivity index (χ4n) is 2.61. The minimum Gasteiger partial charge on any atom is -0.467 e. The average molecular weight is 329 g/mol. The van der Waals surface area contributed by atoms with Crippen molar-refractivity contribution in [3.05, 3.63) is 60.1 Å². The number of imide groups is 1. The van der Waals surface area contributed by atoms with Gasteiger partial charge in [-0.2, -0.15) is 4.90 Å². The van der Waals surface area contributed by atoms with Gasteiger partial charge in [0.05, 0.1) is 6.26 Å². The van der Waals surface area contributed by atoms with Gasteiger partial charge in [-0.05, 0) is 38.5 Å². The van der Waals surface area contributed by atoms with Crippen molar-refractivity contribution in [1.29, 1.82) is 0 Å². The quantitative estimate of drug-likeness (QED) is 0.814. The third-order valence-electron chi connectivity index (χ3n) is 3.54. The minimum atomic E-state index is -0.757. The summed E-state index contributed by atoms with van der Waals surface area (Å²) in [6, 6.07) is 11.9. The van der Waals surface area contributed by atoms with Crippen LogP contribution in [0.3, 0.4) is 0 Å². The Morgan fingerprint density at radius 2 is 1.83 bits per heavy atom. The number of amides is 2. The predicted octanol–water partition coefficient (Wildman–Crippen LogP) is 4.45. The van der Waals surface area contributed by atoms with Crippen molar-refractivity contribution in [2.24, 2.45) is 0 Å². The van der Waals surface area contributed by atoms with Crippen LogP contribution in [0.1, 0.15) is 44.2 Å². The summed E-state index contributed by atoms with van der Waals surface area (Å²) in [4.78, 5) is 25.8. The summed E-state index contributed by atoms with van der Waals surface area (Å²) in [6.07, 6.45) is -0.669. The van der Waals surface area contributed by atoms with Crippen molar-refractivity contribution in [2.75, 3.05) is 0 Å². The van der Waals surface area contributed by atoms with Gasteiger partial charge >= 0.3 is 12.2 Å². The first-order chi connectivity index (χ1) is 11.4. The largest absolute Gasteiger partial charge is 0.467 e. The van der Waals surface area contributed by atoms with Gasteiger partial charge in [0.2, 0.25) is 0 Å². The van der Waals surface area contributed by atoms with E-state index in [9.17, 15) is 9.59 Å². The average Bonchev–Trinajstić information content (AvgIpc) is 3.13. The fourth-order valence-corrected chi connectivity index (χ4v) is 2.61. The number of hydrogen-bond acceptors (Lipinski definition) is 5. The molecule has 6 heteroatoms. The highest BCUT2D eigenvalue weighted by Gasteiger charge is 2.50. The Morgan fingerprint density at radius 1 is 1.12 bits per heavy atom. The van der Waals surface area contributed by atoms with E-state index >= 15 is 0 Å². The summed E-state index contributed by atoms with van der Waals surface area (Å²) in [5.74, 6) is 0.459. The lowest BCUT2D eigenvalue weighted by molar-refractivity contribution is 0.0271. The molecule has 24 heavy (non-hydrogen) atoms. The summed E-state index contributed by atoms with van der Waals surface area (Å²) < 4.78 is 16.3. The van der Waals surface area contributed by atoms with E-state index in [0.29, 0.717) is 5.76 Å². The number of nitrogens with zero attached hydrogens (tertiary/aromatic N) is 1. The molecule has 126 valence electrons. The normalized spacial score (nSPS) is 20.8. The van der Waals surface area contributed by atoms with Crippen molar-refractivity contribution in [2.45, 2.75) is 38.5 Å². The second kappa shape index (κ2) is 6.03. The SMILES string of the molecule is CC(C)(C)OC(=O)N1C(=O)O[C@H](c2ccccc2)[C@@H]1c1ccco1. The number of cyclic esters (lactones) is 1. The van der Waals surface area contributed by atoms with Gasteiger partial charge in [-0.3, -0.25) is 0 Å². The highest BCUT2D eigenvalue weighted by atomic mass is 16.6. The Kier molecular flexibility index (Phi) is 4.05. The second-order valence-corrected chi connectivity index (χ2v) is 6.53. The van der Waals surface area contributed by atoms with Crippen LogP contribution >= 0.6 is 0 Å². The van der Waals surface area contributed by atoms with E-state index in [2.05, 4.69) is 0 Å². The Labute approximate surface area is 140 Å². The zero-order valence-corrected chi connectivity index (χ0v) is 13.8. The van der Waals surface area contributed by atoms with Crippen molar-refractivity contribution >= 4 is 12.2 Å². The molecule has 2 aromatic rings. The minimum absolute atomic E-state index is 0.459. The van der Waals surface area contributed by atoms with Crippen molar-refractivity contribution in [1.82, 2.24) is 4.90 Å². The summed E-state index contributed by atoms with van der Waals surface area (Å²) >= 11 is 0. The molecule has 2 heterocycles. The number of benzene rings is 1. The number of carbonyl (C=O) groups is 2. The van der Waals surface area contributed by atoms with Crippen LogP contribution in [-0.2, 0) is 9.47 Å². The monoisotopic (exact) mass is 329 g/mol. The van der Waals surface area contributed by atoms with Gasteiger partial charge in [-0.15, -0.1) is 0 Å². The van der Waals surface area contributed by atoms with Gasteiger partial charge in [-0.25, -0.2) is 9.59 Å². The number of carbonyl (C=O) groups excluding carboxylic acids is 2. The van der Waals surface area contributed by atoms with E-state index in [0.717, 1.165) is 10.5 Å². The van der Waals surface area contributed by atoms with Crippen LogP contribution in [0.25, 0.3) is 0 Å². The standard InChI is InChI=1S/C18H19NO5/c1-18(2,3)24-17(21)19-14(13-10-7-11-22-13)15(23-16(19)20)12-8-5-4-6-9-12/h4-11,14-15H,1-3H3/t14-,15+/m0/s1. The van der Waals surface area contributed by atoms with E-state index in [-0.39, 0.29) is 0 Å². The molecular formula is C18H19NO5. The number of ether oxygens (including phenoxy) is 2. The molecule has 1 aromatic heterocycles. The lowest BCUT2D eigenvalue weighted by Crippen LogP contribution is -2.39. The van der Waals surface area contributed by atoms with Crippen LogP contribution in [0, 0.1) is 0 Å². The van der Waals surface area contributed by atoms with Gasteiger partial charge in [-0.1, -0.05) is 30.3 Å². The van der Waals surface area contributed by atoms with Crippen molar-refractivity contribution in [3.8, 4) is 0 Å². The maximum absolute atomic E-state index is 12.5. The lowest BCUT2D eigenvalue weighted by atomic mass is 10.0. The zero-order chi connectivity index (χ0) is 17.3. The van der Waals surface area contributed by atoms with E-state index in [1.54, 1.807) is 32.9 Å². The van der Waals surface area contributed by atoms with Crippen LogP contribution in [0.4, 0.5) is 9.59 Å². The topological polar surface area (TPSA) is 69.0 Å². The first-order valence-corrected chi connectivity index (χ1v) is 7.68. The molecule has 0 unspecified atom stereocenters. The van der Waals surface area contributed by atoms with Crippen LogP contribution < -0.4 is 0 Å². The third-order valence-corrected chi connectivity index (χ3v) is 3.54. The summed E-state index contributed by atoms with van der Waals surface area (Å²) in [7, 11) is 0. The summed E-state index contributed by atoms with van der Waals surface area (Å²) in [5, 5.41) is 0. The van der Waals surface area contributed by atoms with E-state index in [1.165, 1.54) is 6.26 Å². The molecule has 1 fully saturated rings. The summed E-state index contributed by atoms with van der Waals surface area (Å²) in [6.45, 7) is 5.22. The van der Waals surface area contributed by atoms with Crippen LogP contribution in [0.5, 0.6) is 0 Å². The molecule has 0 aliphatic carbocycles. The molecule has 3 rings (SSSR count). The van der Waals surface area contributed by atoms with Gasteiger partial charge in [0.25, 0.3) is 0 Å². The molecule has 2 atom stereocenters. The number of furan rings is 1. The molecule has 6 nitrogen and oxygen atoms in total. The fraction of sp³-hybridized carbons (Fsp3) is 0.333. The first kappa shape index (κ1) is 16.1. The van der Waals surface area contributed by atoms with Crippen LogP contribution in [-0.4, -0.2) is 22.7 Å². The van der Waals surface area contributed by atoms with E-state index in [1.807, 2.05) is 30.3 Å². The molecular weight excluding hydrogens is 310 g/mol. The van der Waals surface area contributed by atoms with Gasteiger partial charge in [0, 0.05) is 0 Å². The lowest BCUT2D eigenvalue weighted by Gasteiger charge is -2.25. The number of hydrogen-bond donors (Lipinski definition) is 0. The molecule has 1 aliphatic heterocycles. The first-order valence-electron chi connectivity index (χ1n) is 7.68. The van der Waals surface area contributed by atoms with Crippen LogP contribution in [0.15, 0.2) is 53.1 Å². The second-order valence-electron chi connectivity index (χ2n) is 6.53. The Morgan fingerprint density at radius 3 is 2.42 bits per heavy atom. The Hall–Kier alpha value is -2.76. The molecule has 0 radical (unpaired) electrons. The maximum Gasteiger partial charge on any atom is 0.420 e. The summed E-state index contributed by atoms with van der Waals surface area (Å²) in [5.41, 5.74) is 0.0499. The van der Waals surface area contributed by atoms with E-state index < -0.39 is 29.9 Å². The number of rotatable bonds is 2. The van der Waals surface area contributed by atoms with Gasteiger partial charge in [0.15, 0.2) is 6.10 Å². The molecule has 0 saturated carbocycles. The molecule has 2 amide bonds. The molecule has 1 aliphatic rings. The van der Waals surface area contributed by atoms with Crippen molar-refractivity contribution in [3.63, 3.8) is 0 Å². The van der Waals surface area contributed by atoms with Gasteiger partial charge in [0.1, 0.15) is 17.4 Å². The van der Waals surface area contributed by atoms with E-state index in [4.69, 9.17) is 13.9 Å². The third kappa shape index (κ3) is 3.13. The molecule has 0 bridgehead atoms. The predicted molar refractivity (Wildman–Crippen MR) is 85.2 cm³/mol. The Balaban J connectivity index is 1.98. The molecule has 1 saturated heterocycles. The molecule has 0 spiro atoms. The molecule has 0 N–H and O–H groups in total. The zero-order valence-electron chi connectivity index (χ0n) is 13.8. The highest BCUT2D eigenvalue weighted by molar-refractivity contribution is 5.90. The molecule has 1 aromatic carbocycles. The van der Waals surface area contributed by atoms with Crippen LogP contribution in [0.2, 0.25) is 0 Å². The Bertz CT molecular complexity index is 718. The smallest absolute Gasteiger partial charge is 0.420 e. The van der Waals surface area contributed by atoms with Crippen molar-refractivity contribution < 1.29 is 23.5 Å². The van der Waals surface area contributed by atoms with Gasteiger partial charge < -0.3 is 13.9 Å². The maximum atomic E-state index is 12.5.